The number of amides is 1. The molecule has 2 heterocycles. The SMILES string of the molecule is COc1ccc2c(ccn2CC(=O)N[C@H](c2nc3ccccc3n2C)C(C)C)c1. The number of hydrogen-bond donors (Lipinski definition) is 1. The average molecular weight is 390 g/mol. The molecule has 1 atom stereocenters. The number of imidazole rings is 1. The Morgan fingerprint density at radius 2 is 1.93 bits per heavy atom. The van der Waals surface area contributed by atoms with Gasteiger partial charge in [-0.1, -0.05) is 26.0 Å². The number of rotatable bonds is 6. The third-order valence-corrected chi connectivity index (χ3v) is 5.38. The van der Waals surface area contributed by atoms with Gasteiger partial charge in [0, 0.05) is 24.1 Å². The van der Waals surface area contributed by atoms with Crippen LogP contribution in [0.4, 0.5) is 0 Å². The zero-order valence-electron chi connectivity index (χ0n) is 17.2. The Morgan fingerprint density at radius 1 is 1.14 bits per heavy atom. The molecule has 0 aliphatic rings. The van der Waals surface area contributed by atoms with Crippen molar-refractivity contribution in [1.29, 1.82) is 0 Å². The number of nitrogens with one attached hydrogen (secondary N) is 1. The highest BCUT2D eigenvalue weighted by Crippen LogP contribution is 2.25. The molecule has 1 amide bonds. The van der Waals surface area contributed by atoms with Gasteiger partial charge in [0.15, 0.2) is 0 Å². The molecule has 0 saturated heterocycles. The highest BCUT2D eigenvalue weighted by molar-refractivity contribution is 5.84. The zero-order chi connectivity index (χ0) is 20.5. The molecule has 0 aliphatic heterocycles. The summed E-state index contributed by atoms with van der Waals surface area (Å²) in [5.74, 6) is 1.85. The summed E-state index contributed by atoms with van der Waals surface area (Å²) in [6.07, 6.45) is 1.93. The van der Waals surface area contributed by atoms with Crippen LogP contribution in [0.25, 0.3) is 21.9 Å². The van der Waals surface area contributed by atoms with E-state index in [-0.39, 0.29) is 24.4 Å². The van der Waals surface area contributed by atoms with Gasteiger partial charge in [-0.3, -0.25) is 4.79 Å². The monoisotopic (exact) mass is 390 g/mol. The Bertz CT molecular complexity index is 1170. The lowest BCUT2D eigenvalue weighted by Crippen LogP contribution is -2.35. The predicted octanol–water partition coefficient (Wildman–Crippen LogP) is 4.05. The highest BCUT2D eigenvalue weighted by Gasteiger charge is 2.24. The number of methoxy groups -OCH3 is 1. The molecular weight excluding hydrogens is 364 g/mol. The van der Waals surface area contributed by atoms with E-state index < -0.39 is 0 Å². The third kappa shape index (κ3) is 3.58. The van der Waals surface area contributed by atoms with Gasteiger partial charge >= 0.3 is 0 Å². The summed E-state index contributed by atoms with van der Waals surface area (Å²) < 4.78 is 9.30. The van der Waals surface area contributed by atoms with Crippen LogP contribution in [0.1, 0.15) is 25.7 Å². The summed E-state index contributed by atoms with van der Waals surface area (Å²) in [5, 5.41) is 4.24. The number of fused-ring (bicyclic) bond motifs is 2. The number of carbonyl (C=O) groups excluding carboxylic acids is 1. The van der Waals surface area contributed by atoms with Crippen molar-refractivity contribution in [3.05, 3.63) is 60.6 Å². The number of hydrogen-bond acceptors (Lipinski definition) is 3. The van der Waals surface area contributed by atoms with E-state index in [2.05, 4.69) is 23.7 Å². The van der Waals surface area contributed by atoms with Crippen LogP contribution in [0.3, 0.4) is 0 Å². The summed E-state index contributed by atoms with van der Waals surface area (Å²) in [5.41, 5.74) is 3.01. The largest absolute Gasteiger partial charge is 0.497 e. The Labute approximate surface area is 170 Å². The Balaban J connectivity index is 1.57. The quantitative estimate of drug-likeness (QED) is 0.540. The molecule has 0 saturated carbocycles. The predicted molar refractivity (Wildman–Crippen MR) is 115 cm³/mol. The van der Waals surface area contributed by atoms with E-state index in [0.717, 1.165) is 33.5 Å². The molecule has 0 radical (unpaired) electrons. The van der Waals surface area contributed by atoms with Gasteiger partial charge in [0.1, 0.15) is 18.1 Å². The second kappa shape index (κ2) is 7.62. The molecule has 0 bridgehead atoms. The molecule has 2 aromatic carbocycles. The number of benzene rings is 2. The molecule has 0 fully saturated rings. The third-order valence-electron chi connectivity index (χ3n) is 5.38. The molecule has 0 aliphatic carbocycles. The average Bonchev–Trinajstić information content (AvgIpc) is 3.26. The van der Waals surface area contributed by atoms with Crippen LogP contribution in [0.2, 0.25) is 0 Å². The fourth-order valence-electron chi connectivity index (χ4n) is 3.79. The maximum atomic E-state index is 12.9. The molecule has 6 nitrogen and oxygen atoms in total. The molecule has 4 rings (SSSR count). The van der Waals surface area contributed by atoms with E-state index in [0.29, 0.717) is 0 Å². The summed E-state index contributed by atoms with van der Waals surface area (Å²) in [6.45, 7) is 4.45. The smallest absolute Gasteiger partial charge is 0.240 e. The van der Waals surface area contributed by atoms with Gasteiger partial charge in [-0.05, 0) is 42.3 Å². The van der Waals surface area contributed by atoms with E-state index >= 15 is 0 Å². The normalized spacial score (nSPS) is 12.6. The van der Waals surface area contributed by atoms with Crippen LogP contribution in [0.5, 0.6) is 5.75 Å². The molecule has 2 aromatic heterocycles. The number of para-hydroxylation sites is 2. The first-order chi connectivity index (χ1) is 14.0. The van der Waals surface area contributed by atoms with Gasteiger partial charge < -0.3 is 19.2 Å². The fourth-order valence-corrected chi connectivity index (χ4v) is 3.79. The van der Waals surface area contributed by atoms with Gasteiger partial charge in [0.25, 0.3) is 0 Å². The van der Waals surface area contributed by atoms with Crippen molar-refractivity contribution in [3.8, 4) is 5.75 Å². The Hall–Kier alpha value is -3.28. The van der Waals surface area contributed by atoms with Gasteiger partial charge in [-0.25, -0.2) is 4.98 Å². The molecule has 29 heavy (non-hydrogen) atoms. The second-order valence-electron chi connectivity index (χ2n) is 7.68. The summed E-state index contributed by atoms with van der Waals surface area (Å²) in [7, 11) is 3.65. The number of nitrogens with zero attached hydrogens (tertiary/aromatic N) is 3. The summed E-state index contributed by atoms with van der Waals surface area (Å²) >= 11 is 0. The molecule has 0 spiro atoms. The summed E-state index contributed by atoms with van der Waals surface area (Å²) in [4.78, 5) is 17.7. The lowest BCUT2D eigenvalue weighted by molar-refractivity contribution is -0.122. The van der Waals surface area contributed by atoms with E-state index in [4.69, 9.17) is 9.72 Å². The number of aromatic nitrogens is 3. The topological polar surface area (TPSA) is 61.1 Å². The van der Waals surface area contributed by atoms with Gasteiger partial charge in [-0.2, -0.15) is 0 Å². The van der Waals surface area contributed by atoms with Gasteiger partial charge in [0.05, 0.1) is 24.2 Å². The minimum absolute atomic E-state index is 0.0379. The molecular formula is C23H26N4O2. The first-order valence-electron chi connectivity index (χ1n) is 9.81. The maximum Gasteiger partial charge on any atom is 0.240 e. The Kier molecular flexibility index (Phi) is 5.01. The van der Waals surface area contributed by atoms with Crippen molar-refractivity contribution in [2.24, 2.45) is 13.0 Å². The van der Waals surface area contributed by atoms with Crippen LogP contribution in [0.15, 0.2) is 54.7 Å². The lowest BCUT2D eigenvalue weighted by atomic mass is 10.0. The van der Waals surface area contributed by atoms with E-state index in [1.54, 1.807) is 7.11 Å². The molecule has 1 N–H and O–H groups in total. The van der Waals surface area contributed by atoms with Crippen molar-refractivity contribution >= 4 is 27.8 Å². The molecule has 0 unspecified atom stereocenters. The van der Waals surface area contributed by atoms with Gasteiger partial charge in [0.2, 0.25) is 5.91 Å². The molecule has 150 valence electrons. The van der Waals surface area contributed by atoms with Crippen LogP contribution in [0, 0.1) is 5.92 Å². The number of aryl methyl sites for hydroxylation is 1. The standard InChI is InChI=1S/C23H26N4O2/c1-15(2)22(23-24-18-7-5-6-8-20(18)26(23)3)25-21(28)14-27-12-11-16-13-17(29-4)9-10-19(16)27/h5-13,15,22H,14H2,1-4H3,(H,25,28)/t22-/m0/s1. The first-order valence-corrected chi connectivity index (χ1v) is 9.81. The lowest BCUT2D eigenvalue weighted by Gasteiger charge is -2.22. The van der Waals surface area contributed by atoms with Crippen molar-refractivity contribution in [2.75, 3.05) is 7.11 Å². The fraction of sp³-hybridized carbons (Fsp3) is 0.304. The second-order valence-corrected chi connectivity index (χ2v) is 7.68. The van der Waals surface area contributed by atoms with Crippen LogP contribution in [-0.4, -0.2) is 27.1 Å². The Morgan fingerprint density at radius 3 is 2.66 bits per heavy atom. The molecule has 4 aromatic rings. The first kappa shape index (κ1) is 19.1. The van der Waals surface area contributed by atoms with E-state index in [9.17, 15) is 4.79 Å². The minimum Gasteiger partial charge on any atom is -0.497 e. The minimum atomic E-state index is -0.165. The van der Waals surface area contributed by atoms with Crippen LogP contribution in [-0.2, 0) is 18.4 Å². The van der Waals surface area contributed by atoms with Crippen LogP contribution >= 0.6 is 0 Å². The highest BCUT2D eigenvalue weighted by atomic mass is 16.5. The van der Waals surface area contributed by atoms with Crippen LogP contribution < -0.4 is 10.1 Å². The van der Waals surface area contributed by atoms with Crippen molar-refractivity contribution in [1.82, 2.24) is 19.4 Å². The zero-order valence-corrected chi connectivity index (χ0v) is 17.2. The summed E-state index contributed by atoms with van der Waals surface area (Å²) in [6, 6.07) is 15.7. The number of ether oxygens (including phenoxy) is 1. The number of carbonyl (C=O) groups is 1. The van der Waals surface area contributed by atoms with Crippen molar-refractivity contribution in [2.45, 2.75) is 26.4 Å². The molecule has 6 heteroatoms. The van der Waals surface area contributed by atoms with Crippen molar-refractivity contribution < 1.29 is 9.53 Å². The van der Waals surface area contributed by atoms with E-state index in [1.807, 2.05) is 66.3 Å². The van der Waals surface area contributed by atoms with Crippen molar-refractivity contribution in [3.63, 3.8) is 0 Å². The van der Waals surface area contributed by atoms with E-state index in [1.165, 1.54) is 0 Å². The van der Waals surface area contributed by atoms with Gasteiger partial charge in [-0.15, -0.1) is 0 Å². The maximum absolute atomic E-state index is 12.9.